The van der Waals surface area contributed by atoms with Gasteiger partial charge in [0.15, 0.2) is 0 Å². The van der Waals surface area contributed by atoms with Crippen molar-refractivity contribution in [2.24, 2.45) is 0 Å². The molecule has 0 amide bonds. The number of carboxylic acids is 1. The lowest BCUT2D eigenvalue weighted by atomic mass is 10.2. The van der Waals surface area contributed by atoms with Gasteiger partial charge in [0.2, 0.25) is 0 Å². The number of hydrogen-bond donors (Lipinski definition) is 3. The molecule has 1 aliphatic carbocycles. The maximum absolute atomic E-state index is 10.8. The van der Waals surface area contributed by atoms with E-state index in [1.165, 1.54) is 0 Å². The quantitative estimate of drug-likeness (QED) is 0.792. The van der Waals surface area contributed by atoms with Crippen LogP contribution in [-0.2, 0) is 0 Å². The molecule has 3 N–H and O–H groups in total. The van der Waals surface area contributed by atoms with Gasteiger partial charge in [-0.05, 0) is 47.0 Å². The molecule has 0 radical (unpaired) electrons. The fraction of sp³-hybridized carbons (Fsp3) is 0.364. The minimum absolute atomic E-state index is 0.102. The van der Waals surface area contributed by atoms with E-state index in [1.807, 2.05) is 0 Å². The van der Waals surface area contributed by atoms with Crippen molar-refractivity contribution in [2.75, 3.05) is 11.9 Å². The molecule has 1 saturated carbocycles. The summed E-state index contributed by atoms with van der Waals surface area (Å²) >= 11 is 3.21. The number of carbonyl (C=O) groups is 1. The normalized spacial score (nSPS) is 16.9. The Morgan fingerprint density at radius 1 is 1.50 bits per heavy atom. The largest absolute Gasteiger partial charge is 0.478 e. The number of aromatic carboxylic acids is 1. The zero-order valence-electron chi connectivity index (χ0n) is 8.53. The van der Waals surface area contributed by atoms with Crippen molar-refractivity contribution < 1.29 is 15.0 Å². The molecule has 16 heavy (non-hydrogen) atoms. The van der Waals surface area contributed by atoms with E-state index in [0.29, 0.717) is 4.47 Å². The number of aliphatic hydroxyl groups excluding tert-OH is 1. The Hall–Kier alpha value is -1.07. The fourth-order valence-corrected chi connectivity index (χ4v) is 2.09. The van der Waals surface area contributed by atoms with Crippen LogP contribution in [0.1, 0.15) is 23.2 Å². The molecule has 1 aliphatic rings. The Balaban J connectivity index is 2.18. The summed E-state index contributed by atoms with van der Waals surface area (Å²) in [5.74, 6) is -0.957. The molecule has 0 spiro atoms. The molecule has 4 nitrogen and oxygen atoms in total. The van der Waals surface area contributed by atoms with Crippen LogP contribution >= 0.6 is 15.9 Å². The highest BCUT2D eigenvalue weighted by atomic mass is 79.9. The van der Waals surface area contributed by atoms with E-state index in [2.05, 4.69) is 21.2 Å². The summed E-state index contributed by atoms with van der Waals surface area (Å²) in [6.45, 7) is 0.102. The fourth-order valence-electron chi connectivity index (χ4n) is 1.55. The SMILES string of the molecule is O=C(O)c1ccc(NC2(CO)CC2)cc1Br. The Morgan fingerprint density at radius 3 is 2.62 bits per heavy atom. The van der Waals surface area contributed by atoms with Crippen molar-refractivity contribution in [1.82, 2.24) is 0 Å². The van der Waals surface area contributed by atoms with Gasteiger partial charge >= 0.3 is 5.97 Å². The highest BCUT2D eigenvalue weighted by Gasteiger charge is 2.41. The highest BCUT2D eigenvalue weighted by molar-refractivity contribution is 9.10. The number of nitrogens with one attached hydrogen (secondary N) is 1. The van der Waals surface area contributed by atoms with Crippen LogP contribution in [0.15, 0.2) is 22.7 Å². The Kier molecular flexibility index (Phi) is 2.90. The van der Waals surface area contributed by atoms with Crippen molar-refractivity contribution >= 4 is 27.6 Å². The van der Waals surface area contributed by atoms with Gasteiger partial charge in [-0.15, -0.1) is 0 Å². The molecular formula is C11H12BrNO3. The molecule has 1 fully saturated rings. The minimum Gasteiger partial charge on any atom is -0.478 e. The Labute approximate surface area is 101 Å². The van der Waals surface area contributed by atoms with Crippen LogP contribution in [-0.4, -0.2) is 28.3 Å². The first-order chi connectivity index (χ1) is 7.56. The van der Waals surface area contributed by atoms with E-state index in [0.717, 1.165) is 18.5 Å². The number of carboxylic acid groups (broad SMARTS) is 1. The van der Waals surface area contributed by atoms with Crippen molar-refractivity contribution in [2.45, 2.75) is 18.4 Å². The maximum atomic E-state index is 10.8. The van der Waals surface area contributed by atoms with Gasteiger partial charge in [0.1, 0.15) is 0 Å². The van der Waals surface area contributed by atoms with Gasteiger partial charge in [-0.2, -0.15) is 0 Å². The van der Waals surface area contributed by atoms with Crippen LogP contribution in [0.5, 0.6) is 0 Å². The zero-order chi connectivity index (χ0) is 11.8. The van der Waals surface area contributed by atoms with Gasteiger partial charge in [0, 0.05) is 10.2 Å². The molecule has 1 aromatic carbocycles. The number of halogens is 1. The van der Waals surface area contributed by atoms with E-state index >= 15 is 0 Å². The van der Waals surface area contributed by atoms with Gasteiger partial charge in [-0.25, -0.2) is 4.79 Å². The predicted molar refractivity (Wildman–Crippen MR) is 63.8 cm³/mol. The second-order valence-corrected chi connectivity index (χ2v) is 4.92. The molecule has 0 aliphatic heterocycles. The summed E-state index contributed by atoms with van der Waals surface area (Å²) in [6.07, 6.45) is 1.89. The van der Waals surface area contributed by atoms with Gasteiger partial charge in [-0.3, -0.25) is 0 Å². The van der Waals surface area contributed by atoms with Gasteiger partial charge in [0.25, 0.3) is 0 Å². The lowest BCUT2D eigenvalue weighted by Crippen LogP contribution is -2.25. The van der Waals surface area contributed by atoms with Gasteiger partial charge < -0.3 is 15.5 Å². The van der Waals surface area contributed by atoms with Crippen molar-refractivity contribution in [3.63, 3.8) is 0 Å². The van der Waals surface area contributed by atoms with E-state index in [9.17, 15) is 4.79 Å². The molecule has 0 saturated heterocycles. The molecule has 2 rings (SSSR count). The topological polar surface area (TPSA) is 69.6 Å². The van der Waals surface area contributed by atoms with Crippen molar-refractivity contribution in [1.29, 1.82) is 0 Å². The van der Waals surface area contributed by atoms with Gasteiger partial charge in [-0.1, -0.05) is 0 Å². The third-order valence-electron chi connectivity index (χ3n) is 2.77. The van der Waals surface area contributed by atoms with Crippen LogP contribution in [0.25, 0.3) is 0 Å². The second-order valence-electron chi connectivity index (χ2n) is 4.06. The zero-order valence-corrected chi connectivity index (χ0v) is 10.1. The summed E-state index contributed by atoms with van der Waals surface area (Å²) in [5, 5.41) is 21.2. The lowest BCUT2D eigenvalue weighted by Gasteiger charge is -2.16. The molecule has 86 valence electrons. The maximum Gasteiger partial charge on any atom is 0.336 e. The van der Waals surface area contributed by atoms with Crippen LogP contribution in [0.4, 0.5) is 5.69 Å². The van der Waals surface area contributed by atoms with Crippen molar-refractivity contribution in [3.8, 4) is 0 Å². The van der Waals surface area contributed by atoms with Crippen LogP contribution in [0.2, 0.25) is 0 Å². The molecule has 0 aromatic heterocycles. The Bertz CT molecular complexity index is 429. The lowest BCUT2D eigenvalue weighted by molar-refractivity contribution is 0.0696. The average Bonchev–Trinajstić information content (AvgIpc) is 2.98. The monoisotopic (exact) mass is 285 g/mol. The van der Waals surface area contributed by atoms with Crippen LogP contribution < -0.4 is 5.32 Å². The third-order valence-corrected chi connectivity index (χ3v) is 3.42. The Morgan fingerprint density at radius 2 is 2.19 bits per heavy atom. The minimum atomic E-state index is -0.957. The summed E-state index contributed by atoms with van der Waals surface area (Å²) in [5.41, 5.74) is 0.868. The second kappa shape index (κ2) is 4.07. The average molecular weight is 286 g/mol. The van der Waals surface area contributed by atoms with E-state index in [4.69, 9.17) is 10.2 Å². The summed E-state index contributed by atoms with van der Waals surface area (Å²) in [4.78, 5) is 10.8. The van der Waals surface area contributed by atoms with Gasteiger partial charge in [0.05, 0.1) is 17.7 Å². The first-order valence-electron chi connectivity index (χ1n) is 4.98. The van der Waals surface area contributed by atoms with E-state index in [1.54, 1.807) is 18.2 Å². The first-order valence-corrected chi connectivity index (χ1v) is 5.77. The first kappa shape index (κ1) is 11.4. The molecular weight excluding hydrogens is 274 g/mol. The van der Waals surface area contributed by atoms with Crippen molar-refractivity contribution in [3.05, 3.63) is 28.2 Å². The summed E-state index contributed by atoms with van der Waals surface area (Å²) < 4.78 is 0.540. The van der Waals surface area contributed by atoms with Crippen LogP contribution in [0, 0.1) is 0 Å². The van der Waals surface area contributed by atoms with Crippen LogP contribution in [0.3, 0.4) is 0 Å². The predicted octanol–water partition coefficient (Wildman–Crippen LogP) is 2.08. The number of anilines is 1. The summed E-state index contributed by atoms with van der Waals surface area (Å²) in [6, 6.07) is 4.98. The number of rotatable bonds is 4. The molecule has 0 atom stereocenters. The molecule has 0 unspecified atom stereocenters. The molecule has 0 heterocycles. The highest BCUT2D eigenvalue weighted by Crippen LogP contribution is 2.38. The number of aliphatic hydroxyl groups is 1. The summed E-state index contributed by atoms with van der Waals surface area (Å²) in [7, 11) is 0. The standard InChI is InChI=1S/C11H12BrNO3/c12-9-5-7(1-2-8(9)10(15)16)13-11(6-14)3-4-11/h1-2,5,13-14H,3-4,6H2,(H,15,16). The van der Waals surface area contributed by atoms with E-state index in [-0.39, 0.29) is 17.7 Å². The smallest absolute Gasteiger partial charge is 0.336 e. The third kappa shape index (κ3) is 2.20. The van der Waals surface area contributed by atoms with E-state index < -0.39 is 5.97 Å². The number of benzene rings is 1. The number of hydrogen-bond acceptors (Lipinski definition) is 3. The molecule has 1 aromatic rings. The molecule has 5 heteroatoms. The molecule has 0 bridgehead atoms.